The van der Waals surface area contributed by atoms with Crippen molar-refractivity contribution >= 4 is 23.6 Å². The Morgan fingerprint density at radius 3 is 2.45 bits per heavy atom. The van der Waals surface area contributed by atoms with Crippen LogP contribution in [0, 0.1) is 6.92 Å². The van der Waals surface area contributed by atoms with E-state index in [1.54, 1.807) is 0 Å². The summed E-state index contributed by atoms with van der Waals surface area (Å²) in [5.74, 6) is 1.34. The smallest absolute Gasteiger partial charge is 0.303 e. The quantitative estimate of drug-likeness (QED) is 0.214. The number of amides is 1. The molecule has 0 saturated heterocycles. The van der Waals surface area contributed by atoms with Gasteiger partial charge in [0.15, 0.2) is 0 Å². The highest BCUT2D eigenvalue weighted by Crippen LogP contribution is 2.23. The molecule has 0 spiro atoms. The highest BCUT2D eigenvalue weighted by atomic mass is 32.2. The molecule has 1 aromatic heterocycles. The van der Waals surface area contributed by atoms with Crippen LogP contribution in [-0.4, -0.2) is 34.3 Å². The molecule has 4 aromatic rings. The minimum Gasteiger partial charge on any atom is -0.493 e. The zero-order chi connectivity index (χ0) is 26.7. The first-order valence-corrected chi connectivity index (χ1v) is 13.4. The lowest BCUT2D eigenvalue weighted by Gasteiger charge is -2.13. The molecule has 0 aliphatic heterocycles. The summed E-state index contributed by atoms with van der Waals surface area (Å²) >= 11 is 1.47. The maximum atomic E-state index is 12.4. The fraction of sp³-hybridized carbons (Fsp3) is 0.233. The predicted octanol–water partition coefficient (Wildman–Crippen LogP) is 5.70. The van der Waals surface area contributed by atoms with E-state index in [-0.39, 0.29) is 12.3 Å². The first-order chi connectivity index (χ1) is 18.5. The van der Waals surface area contributed by atoms with E-state index in [2.05, 4.69) is 10.3 Å². The number of aryl methyl sites for hydroxylation is 2. The number of carbonyl (C=O) groups excluding carboxylic acids is 1. The topological polar surface area (TPSA) is 102 Å². The first kappa shape index (κ1) is 27.0. The number of carboxylic acid groups (broad SMARTS) is 1. The van der Waals surface area contributed by atoms with Crippen LogP contribution < -0.4 is 10.1 Å². The van der Waals surface area contributed by atoms with Crippen LogP contribution >= 0.6 is 11.8 Å². The summed E-state index contributed by atoms with van der Waals surface area (Å²) in [4.78, 5) is 29.2. The molecule has 0 saturated carbocycles. The number of benzene rings is 3. The maximum absolute atomic E-state index is 12.4. The van der Waals surface area contributed by atoms with Gasteiger partial charge in [-0.15, -0.1) is 11.8 Å². The monoisotopic (exact) mass is 530 g/mol. The van der Waals surface area contributed by atoms with Crippen molar-refractivity contribution in [2.45, 2.75) is 37.6 Å². The number of thioether (sulfide) groups is 1. The number of aromatic nitrogens is 1. The molecule has 0 unspecified atom stereocenters. The van der Waals surface area contributed by atoms with E-state index in [1.165, 1.54) is 11.8 Å². The molecule has 0 bridgehead atoms. The van der Waals surface area contributed by atoms with Gasteiger partial charge in [-0.25, -0.2) is 4.98 Å². The third kappa shape index (κ3) is 7.98. The Morgan fingerprint density at radius 1 is 0.974 bits per heavy atom. The molecule has 2 N–H and O–H groups in total. The van der Waals surface area contributed by atoms with E-state index in [0.29, 0.717) is 43.4 Å². The van der Waals surface area contributed by atoms with Gasteiger partial charge in [-0.1, -0.05) is 42.5 Å². The summed E-state index contributed by atoms with van der Waals surface area (Å²) in [7, 11) is 0. The first-order valence-electron chi connectivity index (χ1n) is 12.4. The summed E-state index contributed by atoms with van der Waals surface area (Å²) in [5.41, 5.74) is 3.47. The molecule has 0 aliphatic rings. The number of ether oxygens (including phenoxy) is 1. The van der Waals surface area contributed by atoms with Gasteiger partial charge in [0.25, 0.3) is 0 Å². The van der Waals surface area contributed by atoms with Crippen molar-refractivity contribution < 1.29 is 23.8 Å². The van der Waals surface area contributed by atoms with Gasteiger partial charge in [-0.3, -0.25) is 9.59 Å². The van der Waals surface area contributed by atoms with E-state index < -0.39 is 5.97 Å². The Bertz CT molecular complexity index is 1360. The van der Waals surface area contributed by atoms with Crippen molar-refractivity contribution in [3.8, 4) is 17.2 Å². The van der Waals surface area contributed by atoms with Gasteiger partial charge >= 0.3 is 5.97 Å². The van der Waals surface area contributed by atoms with Gasteiger partial charge in [0.2, 0.25) is 11.8 Å². The van der Waals surface area contributed by atoms with Gasteiger partial charge in [0, 0.05) is 29.8 Å². The summed E-state index contributed by atoms with van der Waals surface area (Å²) in [6.45, 7) is 2.58. The van der Waals surface area contributed by atoms with Crippen LogP contribution in [0.3, 0.4) is 0 Å². The summed E-state index contributed by atoms with van der Waals surface area (Å²) in [6.07, 6.45) is 0.964. The van der Waals surface area contributed by atoms with Crippen molar-refractivity contribution in [2.24, 2.45) is 0 Å². The summed E-state index contributed by atoms with van der Waals surface area (Å²) in [5, 5.41) is 12.1. The number of carboxylic acids is 1. The average Bonchev–Trinajstić information content (AvgIpc) is 3.31. The number of nitrogens with zero attached hydrogens (tertiary/aromatic N) is 1. The van der Waals surface area contributed by atoms with Gasteiger partial charge in [-0.05, 0) is 60.9 Å². The van der Waals surface area contributed by atoms with Crippen molar-refractivity contribution in [1.29, 1.82) is 0 Å². The van der Waals surface area contributed by atoms with Gasteiger partial charge in [-0.2, -0.15) is 0 Å². The molecule has 7 nitrogen and oxygen atoms in total. The average molecular weight is 531 g/mol. The summed E-state index contributed by atoms with van der Waals surface area (Å²) in [6, 6.07) is 25.1. The molecule has 0 radical (unpaired) electrons. The lowest BCUT2D eigenvalue weighted by Crippen LogP contribution is -2.25. The van der Waals surface area contributed by atoms with E-state index in [0.717, 1.165) is 33.0 Å². The Hall–Kier alpha value is -4.04. The normalized spacial score (nSPS) is 10.8. The van der Waals surface area contributed by atoms with Crippen molar-refractivity contribution in [2.75, 3.05) is 12.4 Å². The third-order valence-electron chi connectivity index (χ3n) is 5.90. The predicted molar refractivity (Wildman–Crippen MR) is 147 cm³/mol. The molecule has 0 aliphatic carbocycles. The number of carbonyl (C=O) groups is 2. The molecule has 0 atom stereocenters. The van der Waals surface area contributed by atoms with Crippen LogP contribution in [0.2, 0.25) is 0 Å². The number of oxazole rings is 1. The van der Waals surface area contributed by atoms with Crippen LogP contribution in [0.4, 0.5) is 0 Å². The summed E-state index contributed by atoms with van der Waals surface area (Å²) < 4.78 is 11.8. The fourth-order valence-corrected chi connectivity index (χ4v) is 4.63. The molecular weight excluding hydrogens is 500 g/mol. The molecule has 8 heteroatoms. The molecular formula is C30H30N2O5S. The largest absolute Gasteiger partial charge is 0.493 e. The van der Waals surface area contributed by atoms with Gasteiger partial charge < -0.3 is 19.6 Å². The second kappa shape index (κ2) is 13.5. The number of aliphatic carboxylic acids is 1. The molecule has 3 aromatic carbocycles. The highest BCUT2D eigenvalue weighted by Gasteiger charge is 2.13. The van der Waals surface area contributed by atoms with Crippen LogP contribution in [0.25, 0.3) is 11.5 Å². The Morgan fingerprint density at radius 2 is 1.71 bits per heavy atom. The standard InChI is InChI=1S/C30H30N2O5S/c1-21-27(32-30(37-21)23-8-4-2-5-9-23)16-17-36-25-14-12-22(13-15-29(34)35)24(18-25)19-31-28(33)20-38-26-10-6-3-7-11-26/h2-12,14,18H,13,15-17,19-20H2,1H3,(H,31,33)(H,34,35). The minimum absolute atomic E-state index is 0.0141. The Labute approximate surface area is 226 Å². The number of rotatable bonds is 13. The molecule has 4 rings (SSSR count). The van der Waals surface area contributed by atoms with E-state index in [1.807, 2.05) is 85.8 Å². The van der Waals surface area contributed by atoms with E-state index in [9.17, 15) is 9.59 Å². The Kier molecular flexibility index (Phi) is 9.59. The molecule has 196 valence electrons. The third-order valence-corrected chi connectivity index (χ3v) is 6.91. The van der Waals surface area contributed by atoms with Crippen molar-refractivity contribution in [3.05, 3.63) is 101 Å². The highest BCUT2D eigenvalue weighted by molar-refractivity contribution is 8.00. The second-order valence-electron chi connectivity index (χ2n) is 8.69. The van der Waals surface area contributed by atoms with Crippen LogP contribution in [0.15, 0.2) is 88.2 Å². The van der Waals surface area contributed by atoms with Crippen LogP contribution in [-0.2, 0) is 29.0 Å². The molecule has 38 heavy (non-hydrogen) atoms. The molecule has 1 amide bonds. The second-order valence-corrected chi connectivity index (χ2v) is 9.74. The molecule has 0 fully saturated rings. The lowest BCUT2D eigenvalue weighted by atomic mass is 10.0. The number of hydrogen-bond donors (Lipinski definition) is 2. The van der Waals surface area contributed by atoms with Crippen LogP contribution in [0.1, 0.15) is 29.0 Å². The Balaban J connectivity index is 1.35. The molecule has 1 heterocycles. The fourth-order valence-electron chi connectivity index (χ4n) is 3.88. The van der Waals surface area contributed by atoms with Gasteiger partial charge in [0.1, 0.15) is 11.5 Å². The van der Waals surface area contributed by atoms with Gasteiger partial charge in [0.05, 0.1) is 18.1 Å². The zero-order valence-electron chi connectivity index (χ0n) is 21.2. The zero-order valence-corrected chi connectivity index (χ0v) is 22.0. The number of hydrogen-bond acceptors (Lipinski definition) is 6. The maximum Gasteiger partial charge on any atom is 0.303 e. The SMILES string of the molecule is Cc1oc(-c2ccccc2)nc1CCOc1ccc(CCC(=O)O)c(CNC(=O)CSc2ccccc2)c1. The lowest BCUT2D eigenvalue weighted by molar-refractivity contribution is -0.137. The minimum atomic E-state index is -0.863. The van der Waals surface area contributed by atoms with Crippen molar-refractivity contribution in [3.63, 3.8) is 0 Å². The van der Waals surface area contributed by atoms with E-state index in [4.69, 9.17) is 14.3 Å². The van der Waals surface area contributed by atoms with Crippen LogP contribution in [0.5, 0.6) is 5.75 Å². The number of nitrogens with one attached hydrogen (secondary N) is 1. The van der Waals surface area contributed by atoms with Crippen molar-refractivity contribution in [1.82, 2.24) is 10.3 Å². The van der Waals surface area contributed by atoms with E-state index >= 15 is 0 Å².